The fourth-order valence-corrected chi connectivity index (χ4v) is 3.50. The molecule has 2 aliphatic rings. The normalized spacial score (nSPS) is 19.6. The fraction of sp³-hybridized carbons (Fsp3) is 0.350. The third-order valence-corrected chi connectivity index (χ3v) is 4.76. The molecule has 4 rings (SSSR count). The summed E-state index contributed by atoms with van der Waals surface area (Å²) in [6.45, 7) is 2.00. The van der Waals surface area contributed by atoms with Gasteiger partial charge in [0.25, 0.3) is 5.91 Å². The van der Waals surface area contributed by atoms with Crippen LogP contribution >= 0.6 is 0 Å². The van der Waals surface area contributed by atoms with Crippen LogP contribution in [0.2, 0.25) is 0 Å². The number of ether oxygens (including phenoxy) is 2. The molecule has 0 bridgehead atoms. The summed E-state index contributed by atoms with van der Waals surface area (Å²) in [5, 5.41) is 0. The smallest absolute Gasteiger partial charge is 0.254 e. The van der Waals surface area contributed by atoms with E-state index in [1.54, 1.807) is 12.1 Å². The fourth-order valence-electron chi connectivity index (χ4n) is 3.50. The van der Waals surface area contributed by atoms with E-state index in [1.807, 2.05) is 23.1 Å². The largest absolute Gasteiger partial charge is 0.490 e. The van der Waals surface area contributed by atoms with Gasteiger partial charge in [-0.1, -0.05) is 6.07 Å². The van der Waals surface area contributed by atoms with Gasteiger partial charge in [0.2, 0.25) is 0 Å². The molecule has 25 heavy (non-hydrogen) atoms. The highest BCUT2D eigenvalue weighted by Gasteiger charge is 2.31. The molecule has 2 aromatic rings. The molecule has 1 atom stereocenters. The topological polar surface area (TPSA) is 38.8 Å². The third kappa shape index (κ3) is 3.18. The van der Waals surface area contributed by atoms with Gasteiger partial charge in [-0.25, -0.2) is 4.39 Å². The van der Waals surface area contributed by atoms with Crippen molar-refractivity contribution in [1.82, 2.24) is 4.90 Å². The highest BCUT2D eigenvalue weighted by Crippen LogP contribution is 2.38. The molecule has 2 heterocycles. The lowest BCUT2D eigenvalue weighted by atomic mass is 10.0. The first kappa shape index (κ1) is 15.9. The van der Waals surface area contributed by atoms with Crippen molar-refractivity contribution in [3.63, 3.8) is 0 Å². The second-order valence-electron chi connectivity index (χ2n) is 6.42. The van der Waals surface area contributed by atoms with E-state index in [9.17, 15) is 9.18 Å². The molecule has 1 amide bonds. The van der Waals surface area contributed by atoms with Crippen LogP contribution in [-0.2, 0) is 0 Å². The monoisotopic (exact) mass is 341 g/mol. The van der Waals surface area contributed by atoms with Crippen LogP contribution in [0.4, 0.5) is 4.39 Å². The van der Waals surface area contributed by atoms with Crippen LogP contribution < -0.4 is 9.47 Å². The predicted octanol–water partition coefficient (Wildman–Crippen LogP) is 3.96. The molecule has 0 N–H and O–H groups in total. The number of hydrogen-bond acceptors (Lipinski definition) is 3. The SMILES string of the molecule is O=C(c1ccc(F)cc1)N1CCCC1c1ccc2c(c1)OCCCO2. The van der Waals surface area contributed by atoms with Crippen molar-refractivity contribution in [2.24, 2.45) is 0 Å². The zero-order valence-corrected chi connectivity index (χ0v) is 13.9. The van der Waals surface area contributed by atoms with Crippen LogP contribution in [0, 0.1) is 5.82 Å². The van der Waals surface area contributed by atoms with E-state index in [2.05, 4.69) is 0 Å². The standard InChI is InChI=1S/C20H20FNO3/c21-16-7-4-14(5-8-16)20(23)22-10-1-3-17(22)15-6-9-18-19(13-15)25-12-2-11-24-18/h4-9,13,17H,1-3,10-12H2. The number of halogens is 1. The number of benzene rings is 2. The maximum Gasteiger partial charge on any atom is 0.254 e. The minimum Gasteiger partial charge on any atom is -0.490 e. The number of rotatable bonds is 2. The van der Waals surface area contributed by atoms with Gasteiger partial charge < -0.3 is 14.4 Å². The first-order valence-corrected chi connectivity index (χ1v) is 8.68. The minimum atomic E-state index is -0.336. The summed E-state index contributed by atoms with van der Waals surface area (Å²) in [6, 6.07) is 11.7. The molecule has 4 nitrogen and oxygen atoms in total. The minimum absolute atomic E-state index is 0.00899. The Bertz CT molecular complexity index is 775. The average molecular weight is 341 g/mol. The summed E-state index contributed by atoms with van der Waals surface area (Å²) in [4.78, 5) is 14.7. The zero-order chi connectivity index (χ0) is 17.2. The number of carbonyl (C=O) groups is 1. The number of carbonyl (C=O) groups excluding carboxylic acids is 1. The molecule has 0 saturated carbocycles. The van der Waals surface area contributed by atoms with Crippen LogP contribution in [-0.4, -0.2) is 30.6 Å². The van der Waals surface area contributed by atoms with Crippen LogP contribution in [0.5, 0.6) is 11.5 Å². The van der Waals surface area contributed by atoms with Gasteiger partial charge in [0.05, 0.1) is 19.3 Å². The Morgan fingerprint density at radius 3 is 2.56 bits per heavy atom. The molecular weight excluding hydrogens is 321 g/mol. The first-order valence-electron chi connectivity index (χ1n) is 8.68. The molecule has 1 fully saturated rings. The van der Waals surface area contributed by atoms with Gasteiger partial charge in [-0.3, -0.25) is 4.79 Å². The summed E-state index contributed by atoms with van der Waals surface area (Å²) < 4.78 is 24.6. The number of amides is 1. The van der Waals surface area contributed by atoms with E-state index in [4.69, 9.17) is 9.47 Å². The van der Waals surface area contributed by atoms with Crippen molar-refractivity contribution in [3.8, 4) is 11.5 Å². The molecule has 130 valence electrons. The van der Waals surface area contributed by atoms with Gasteiger partial charge in [0.1, 0.15) is 5.82 Å². The Hall–Kier alpha value is -2.56. The zero-order valence-electron chi connectivity index (χ0n) is 13.9. The molecule has 0 aromatic heterocycles. The second kappa shape index (κ2) is 6.75. The molecule has 2 aromatic carbocycles. The lowest BCUT2D eigenvalue weighted by Crippen LogP contribution is -2.30. The lowest BCUT2D eigenvalue weighted by molar-refractivity contribution is 0.0735. The summed E-state index contributed by atoms with van der Waals surface area (Å²) in [5.41, 5.74) is 1.57. The summed E-state index contributed by atoms with van der Waals surface area (Å²) in [6.07, 6.45) is 2.72. The molecule has 2 aliphatic heterocycles. The average Bonchev–Trinajstić information content (AvgIpc) is 3.00. The third-order valence-electron chi connectivity index (χ3n) is 4.76. The molecular formula is C20H20FNO3. The Morgan fingerprint density at radius 2 is 1.76 bits per heavy atom. The Labute approximate surface area is 146 Å². The van der Waals surface area contributed by atoms with Gasteiger partial charge in [0.15, 0.2) is 11.5 Å². The van der Waals surface area contributed by atoms with Gasteiger partial charge in [-0.15, -0.1) is 0 Å². The van der Waals surface area contributed by atoms with E-state index < -0.39 is 0 Å². The maximum atomic E-state index is 13.1. The van der Waals surface area contributed by atoms with Gasteiger partial charge >= 0.3 is 0 Å². The van der Waals surface area contributed by atoms with Crippen molar-refractivity contribution in [1.29, 1.82) is 0 Å². The summed E-state index contributed by atoms with van der Waals surface area (Å²) in [5.74, 6) is 1.11. The molecule has 1 unspecified atom stereocenters. The van der Waals surface area contributed by atoms with Crippen molar-refractivity contribution in [3.05, 3.63) is 59.4 Å². The van der Waals surface area contributed by atoms with Crippen LogP contribution in [0.15, 0.2) is 42.5 Å². The second-order valence-corrected chi connectivity index (χ2v) is 6.42. The highest BCUT2D eigenvalue weighted by atomic mass is 19.1. The van der Waals surface area contributed by atoms with Crippen LogP contribution in [0.3, 0.4) is 0 Å². The Balaban J connectivity index is 1.60. The summed E-state index contributed by atoms with van der Waals surface area (Å²) >= 11 is 0. The number of hydrogen-bond donors (Lipinski definition) is 0. The number of likely N-dealkylation sites (tertiary alicyclic amines) is 1. The number of nitrogens with zero attached hydrogens (tertiary/aromatic N) is 1. The molecule has 5 heteroatoms. The van der Waals surface area contributed by atoms with Crippen molar-refractivity contribution in [2.75, 3.05) is 19.8 Å². The van der Waals surface area contributed by atoms with E-state index >= 15 is 0 Å². The van der Waals surface area contributed by atoms with E-state index in [0.29, 0.717) is 25.3 Å². The first-order chi connectivity index (χ1) is 12.2. The van der Waals surface area contributed by atoms with Gasteiger partial charge in [-0.05, 0) is 54.8 Å². The number of fused-ring (bicyclic) bond motifs is 1. The summed E-state index contributed by atoms with van der Waals surface area (Å²) in [7, 11) is 0. The lowest BCUT2D eigenvalue weighted by Gasteiger charge is -2.26. The van der Waals surface area contributed by atoms with Crippen molar-refractivity contribution < 1.29 is 18.7 Å². The molecule has 0 aliphatic carbocycles. The van der Waals surface area contributed by atoms with Crippen molar-refractivity contribution >= 4 is 5.91 Å². The highest BCUT2D eigenvalue weighted by molar-refractivity contribution is 5.94. The quantitative estimate of drug-likeness (QED) is 0.830. The van der Waals surface area contributed by atoms with E-state index in [1.165, 1.54) is 12.1 Å². The molecule has 1 saturated heterocycles. The Morgan fingerprint density at radius 1 is 1.00 bits per heavy atom. The van der Waals surface area contributed by atoms with Gasteiger partial charge in [0, 0.05) is 18.5 Å². The van der Waals surface area contributed by atoms with E-state index in [-0.39, 0.29) is 17.8 Å². The molecule has 0 radical (unpaired) electrons. The Kier molecular flexibility index (Phi) is 4.30. The van der Waals surface area contributed by atoms with E-state index in [0.717, 1.165) is 36.3 Å². The molecule has 0 spiro atoms. The van der Waals surface area contributed by atoms with Crippen LogP contribution in [0.1, 0.15) is 41.2 Å². The van der Waals surface area contributed by atoms with Crippen molar-refractivity contribution in [2.45, 2.75) is 25.3 Å². The van der Waals surface area contributed by atoms with Gasteiger partial charge in [-0.2, -0.15) is 0 Å². The van der Waals surface area contributed by atoms with Crippen LogP contribution in [0.25, 0.3) is 0 Å². The predicted molar refractivity (Wildman–Crippen MR) is 91.5 cm³/mol. The maximum absolute atomic E-state index is 13.1.